The van der Waals surface area contributed by atoms with Gasteiger partial charge in [0.05, 0.1) is 33.0 Å². The Morgan fingerprint density at radius 1 is 1.04 bits per heavy atom. The lowest BCUT2D eigenvalue weighted by atomic mass is 9.85. The lowest BCUT2D eigenvalue weighted by molar-refractivity contribution is -0.395. The Kier molecular flexibility index (Phi) is 7.28. The molecule has 28 heavy (non-hydrogen) atoms. The second kappa shape index (κ2) is 8.77. The van der Waals surface area contributed by atoms with Crippen molar-refractivity contribution < 1.29 is 38.7 Å². The molecule has 2 fully saturated rings. The lowest BCUT2D eigenvalue weighted by Crippen LogP contribution is -2.62. The average molecular weight is 402 g/mol. The summed E-state index contributed by atoms with van der Waals surface area (Å²) in [7, 11) is 0. The highest BCUT2D eigenvalue weighted by Crippen LogP contribution is 2.42. The highest BCUT2D eigenvalue weighted by Gasteiger charge is 2.55. The van der Waals surface area contributed by atoms with Gasteiger partial charge < -0.3 is 33.9 Å². The van der Waals surface area contributed by atoms with E-state index in [1.54, 1.807) is 33.8 Å². The van der Waals surface area contributed by atoms with Crippen LogP contribution in [0.3, 0.4) is 0 Å². The molecule has 0 aromatic carbocycles. The highest BCUT2D eigenvalue weighted by molar-refractivity contribution is 5.87. The van der Waals surface area contributed by atoms with Crippen molar-refractivity contribution in [2.24, 2.45) is 16.2 Å². The number of hydrogen-bond acceptors (Lipinski definition) is 8. The van der Waals surface area contributed by atoms with Crippen molar-refractivity contribution >= 4 is 5.97 Å². The molecule has 2 heterocycles. The molecule has 1 spiro atoms. The number of aliphatic hydroxyl groups is 2. The zero-order valence-corrected chi connectivity index (χ0v) is 17.7. The third-order valence-corrected chi connectivity index (χ3v) is 5.37. The lowest BCUT2D eigenvalue weighted by Gasteiger charge is -2.51. The Morgan fingerprint density at radius 3 is 1.96 bits per heavy atom. The highest BCUT2D eigenvalue weighted by atomic mass is 16.8. The van der Waals surface area contributed by atoms with Crippen molar-refractivity contribution in [1.29, 1.82) is 0 Å². The maximum atomic E-state index is 12.4. The topological polar surface area (TPSA) is 104 Å². The summed E-state index contributed by atoms with van der Waals surface area (Å²) in [5.74, 6) is -0.493. The summed E-state index contributed by atoms with van der Waals surface area (Å²) in [4.78, 5) is 12.4. The zero-order valence-electron chi connectivity index (χ0n) is 17.7. The molecule has 2 unspecified atom stereocenters. The van der Waals surface area contributed by atoms with E-state index in [1.165, 1.54) is 0 Å². The first kappa shape index (κ1) is 23.3. The van der Waals surface area contributed by atoms with Gasteiger partial charge in [0, 0.05) is 16.4 Å². The van der Waals surface area contributed by atoms with Crippen LogP contribution in [0.5, 0.6) is 0 Å². The van der Waals surface area contributed by atoms with Crippen LogP contribution in [0, 0.1) is 16.2 Å². The van der Waals surface area contributed by atoms with Gasteiger partial charge >= 0.3 is 5.97 Å². The van der Waals surface area contributed by atoms with Crippen LogP contribution in [0.15, 0.2) is 11.6 Å². The minimum Gasteiger partial charge on any atom is -0.431 e. The van der Waals surface area contributed by atoms with Crippen LogP contribution in [-0.4, -0.2) is 68.1 Å². The van der Waals surface area contributed by atoms with E-state index >= 15 is 0 Å². The van der Waals surface area contributed by atoms with Crippen molar-refractivity contribution in [2.45, 2.75) is 60.4 Å². The summed E-state index contributed by atoms with van der Waals surface area (Å²) in [5.41, 5.74) is -1.64. The summed E-state index contributed by atoms with van der Waals surface area (Å²) < 4.78 is 29.3. The molecule has 0 radical (unpaired) electrons. The molecular weight excluding hydrogens is 368 g/mol. The summed E-state index contributed by atoms with van der Waals surface area (Å²) in [6.07, 6.45) is -0.642. The van der Waals surface area contributed by atoms with Crippen LogP contribution in [0.25, 0.3) is 0 Å². The fourth-order valence-corrected chi connectivity index (χ4v) is 2.87. The second-order valence-corrected chi connectivity index (χ2v) is 9.10. The van der Waals surface area contributed by atoms with E-state index < -0.39 is 41.1 Å². The van der Waals surface area contributed by atoms with Crippen molar-refractivity contribution in [2.75, 3.05) is 33.0 Å². The molecule has 2 atom stereocenters. The molecule has 0 aromatic rings. The SMILES string of the molecule is CC=C(C)C(=O)OC1OC(C(C)(C)CO)OCC12COC(C(C)(C)CO)OC2. The molecule has 2 rings (SSSR count). The van der Waals surface area contributed by atoms with E-state index in [-0.39, 0.29) is 33.0 Å². The monoisotopic (exact) mass is 402 g/mol. The number of carbonyl (C=O) groups excluding carboxylic acids is 1. The minimum absolute atomic E-state index is 0.0939. The maximum Gasteiger partial charge on any atom is 0.335 e. The molecule has 0 saturated carbocycles. The van der Waals surface area contributed by atoms with Gasteiger partial charge in [-0.1, -0.05) is 33.8 Å². The third-order valence-electron chi connectivity index (χ3n) is 5.37. The second-order valence-electron chi connectivity index (χ2n) is 9.10. The molecule has 0 aliphatic carbocycles. The van der Waals surface area contributed by atoms with Crippen molar-refractivity contribution in [3.8, 4) is 0 Å². The van der Waals surface area contributed by atoms with Crippen LogP contribution < -0.4 is 0 Å². The third kappa shape index (κ3) is 4.75. The number of allylic oxidation sites excluding steroid dienone is 1. The molecule has 0 bridgehead atoms. The smallest absolute Gasteiger partial charge is 0.335 e. The largest absolute Gasteiger partial charge is 0.431 e. The van der Waals surface area contributed by atoms with Crippen LogP contribution in [-0.2, 0) is 28.5 Å². The Bertz CT molecular complexity index is 566. The van der Waals surface area contributed by atoms with E-state index in [2.05, 4.69) is 0 Å². The van der Waals surface area contributed by atoms with Gasteiger partial charge in [-0.25, -0.2) is 4.79 Å². The van der Waals surface area contributed by atoms with Gasteiger partial charge in [-0.2, -0.15) is 0 Å². The molecule has 2 saturated heterocycles. The molecular formula is C20H34O8. The van der Waals surface area contributed by atoms with Gasteiger partial charge in [0.1, 0.15) is 5.41 Å². The fourth-order valence-electron chi connectivity index (χ4n) is 2.87. The predicted octanol–water partition coefficient (Wildman–Crippen LogP) is 1.59. The molecule has 8 nitrogen and oxygen atoms in total. The number of hydrogen-bond donors (Lipinski definition) is 2. The Hall–Kier alpha value is -1.03. The first-order valence-corrected chi connectivity index (χ1v) is 9.57. The Morgan fingerprint density at radius 2 is 1.50 bits per heavy atom. The maximum absolute atomic E-state index is 12.4. The van der Waals surface area contributed by atoms with Crippen LogP contribution in [0.4, 0.5) is 0 Å². The number of ether oxygens (including phenoxy) is 5. The molecule has 8 heteroatoms. The van der Waals surface area contributed by atoms with Gasteiger partial charge in [-0.15, -0.1) is 0 Å². The summed E-state index contributed by atoms with van der Waals surface area (Å²) in [6.45, 7) is 11.0. The van der Waals surface area contributed by atoms with E-state index in [1.807, 2.05) is 13.8 Å². The number of rotatable bonds is 6. The first-order chi connectivity index (χ1) is 13.0. The Labute approximate surface area is 166 Å². The zero-order chi connectivity index (χ0) is 21.2. The molecule has 2 aliphatic rings. The number of esters is 1. The van der Waals surface area contributed by atoms with Crippen molar-refractivity contribution in [3.05, 3.63) is 11.6 Å². The first-order valence-electron chi connectivity index (χ1n) is 9.57. The average Bonchev–Trinajstić information content (AvgIpc) is 2.69. The Balaban J connectivity index is 2.21. The summed E-state index contributed by atoms with van der Waals surface area (Å²) in [5, 5.41) is 19.2. The van der Waals surface area contributed by atoms with Gasteiger partial charge in [0.15, 0.2) is 12.6 Å². The van der Waals surface area contributed by atoms with Gasteiger partial charge in [0.2, 0.25) is 6.29 Å². The van der Waals surface area contributed by atoms with Crippen LogP contribution in [0.1, 0.15) is 41.5 Å². The van der Waals surface area contributed by atoms with E-state index in [4.69, 9.17) is 23.7 Å². The normalized spacial score (nSPS) is 32.4. The molecule has 0 aromatic heterocycles. The molecule has 2 aliphatic heterocycles. The van der Waals surface area contributed by atoms with Gasteiger partial charge in [0.25, 0.3) is 0 Å². The number of carbonyl (C=O) groups is 1. The van der Waals surface area contributed by atoms with Gasteiger partial charge in [-0.05, 0) is 13.8 Å². The van der Waals surface area contributed by atoms with Crippen molar-refractivity contribution in [3.63, 3.8) is 0 Å². The van der Waals surface area contributed by atoms with E-state index in [9.17, 15) is 15.0 Å². The van der Waals surface area contributed by atoms with Gasteiger partial charge in [-0.3, -0.25) is 0 Å². The molecule has 162 valence electrons. The minimum atomic E-state index is -0.960. The standard InChI is InChI=1S/C20H34O8/c1-7-13(2)14(23)27-17-20(12-26-16(28-17)19(5,6)9-22)10-24-15(25-11-20)18(3,4)8-21/h7,15-17,21-22H,8-12H2,1-6H3. The quantitative estimate of drug-likeness (QED) is 0.510. The molecule has 2 N–H and O–H groups in total. The van der Waals surface area contributed by atoms with E-state index in [0.29, 0.717) is 5.57 Å². The summed E-state index contributed by atoms with van der Waals surface area (Å²) in [6, 6.07) is 0. The predicted molar refractivity (Wildman–Crippen MR) is 100.0 cm³/mol. The fraction of sp³-hybridized carbons (Fsp3) is 0.850. The molecule has 0 amide bonds. The number of aliphatic hydroxyl groups excluding tert-OH is 2. The van der Waals surface area contributed by atoms with E-state index in [0.717, 1.165) is 0 Å². The van der Waals surface area contributed by atoms with Crippen LogP contribution >= 0.6 is 0 Å². The van der Waals surface area contributed by atoms with Crippen LogP contribution in [0.2, 0.25) is 0 Å². The summed E-state index contributed by atoms with van der Waals surface area (Å²) >= 11 is 0. The van der Waals surface area contributed by atoms with Crippen molar-refractivity contribution in [1.82, 2.24) is 0 Å².